The number of ketones is 1. The molecule has 4 aromatic rings. The van der Waals surface area contributed by atoms with Crippen molar-refractivity contribution in [2.24, 2.45) is 5.92 Å². The third kappa shape index (κ3) is 5.89. The number of piperazine rings is 1. The molecule has 6 rings (SSSR count). The molecule has 0 amide bonds. The van der Waals surface area contributed by atoms with E-state index >= 15 is 0 Å². The van der Waals surface area contributed by atoms with Crippen molar-refractivity contribution in [1.82, 2.24) is 24.8 Å². The first-order chi connectivity index (χ1) is 18.1. The van der Waals surface area contributed by atoms with Crippen LogP contribution in [0.3, 0.4) is 0 Å². The maximum Gasteiger partial charge on any atom is 0.166 e. The molecule has 1 N–H and O–H groups in total. The number of imidazole rings is 1. The van der Waals surface area contributed by atoms with Crippen LogP contribution in [0.25, 0.3) is 20.8 Å². The van der Waals surface area contributed by atoms with Crippen molar-refractivity contribution in [1.29, 1.82) is 0 Å². The van der Waals surface area contributed by atoms with Gasteiger partial charge >= 0.3 is 0 Å². The number of carbonyl (C=O) groups is 1. The first-order valence-corrected chi connectivity index (χ1v) is 13.7. The minimum absolute atomic E-state index is 0.137. The van der Waals surface area contributed by atoms with Crippen molar-refractivity contribution in [3.8, 4) is 22.1 Å². The lowest BCUT2D eigenvalue weighted by Crippen LogP contribution is -2.44. The molecule has 2 aliphatic rings. The zero-order chi connectivity index (χ0) is 25.2. The van der Waals surface area contributed by atoms with Crippen LogP contribution in [0, 0.1) is 11.7 Å². The van der Waals surface area contributed by atoms with Gasteiger partial charge in [-0.05, 0) is 42.5 Å². The fourth-order valence-corrected chi connectivity index (χ4v) is 5.75. The Hall–Kier alpha value is -3.14. The lowest BCUT2D eigenvalue weighted by molar-refractivity contribution is -0.118. The number of benzene rings is 1. The number of ether oxygens (including phenoxy) is 1. The van der Waals surface area contributed by atoms with Crippen molar-refractivity contribution < 1.29 is 13.9 Å². The van der Waals surface area contributed by atoms with Gasteiger partial charge in [0.2, 0.25) is 0 Å². The second-order valence-corrected chi connectivity index (χ2v) is 11.0. The molecule has 1 saturated heterocycles. The van der Waals surface area contributed by atoms with Gasteiger partial charge in [0.15, 0.2) is 11.6 Å². The largest absolute Gasteiger partial charge is 0.453 e. The maximum atomic E-state index is 14.9. The summed E-state index contributed by atoms with van der Waals surface area (Å²) in [5.74, 6) is 0.926. The van der Waals surface area contributed by atoms with Gasteiger partial charge in [-0.3, -0.25) is 14.7 Å². The summed E-state index contributed by atoms with van der Waals surface area (Å²) in [6, 6.07) is 8.54. The van der Waals surface area contributed by atoms with E-state index in [1.807, 2.05) is 12.4 Å². The summed E-state index contributed by atoms with van der Waals surface area (Å²) in [7, 11) is 0. The summed E-state index contributed by atoms with van der Waals surface area (Å²) in [6.07, 6.45) is 8.75. The summed E-state index contributed by atoms with van der Waals surface area (Å²) in [5.41, 5.74) is 2.36. The third-order valence-electron chi connectivity index (χ3n) is 6.98. The number of nitrogens with zero attached hydrogens (tertiary/aromatic N) is 4. The maximum absolute atomic E-state index is 14.9. The smallest absolute Gasteiger partial charge is 0.166 e. The fraction of sp³-hybridized carbons (Fsp3) is 0.393. The zero-order valence-corrected chi connectivity index (χ0v) is 21.5. The van der Waals surface area contributed by atoms with Gasteiger partial charge in [0.05, 0.1) is 27.1 Å². The molecule has 0 bridgehead atoms. The van der Waals surface area contributed by atoms with E-state index in [1.54, 1.807) is 24.4 Å². The number of hydrogen-bond acceptors (Lipinski definition) is 7. The lowest BCUT2D eigenvalue weighted by atomic mass is 10.0. The van der Waals surface area contributed by atoms with Crippen LogP contribution in [-0.2, 0) is 17.8 Å². The number of hydrogen-bond donors (Lipinski definition) is 1. The lowest BCUT2D eigenvalue weighted by Gasteiger charge is -2.27. The minimum Gasteiger partial charge on any atom is -0.453 e. The van der Waals surface area contributed by atoms with Gasteiger partial charge in [-0.2, -0.15) is 0 Å². The highest BCUT2D eigenvalue weighted by Gasteiger charge is 2.24. The van der Waals surface area contributed by atoms with Crippen LogP contribution in [0.1, 0.15) is 24.8 Å². The molecule has 3 aromatic heterocycles. The molecule has 0 atom stereocenters. The zero-order valence-electron chi connectivity index (χ0n) is 20.7. The highest BCUT2D eigenvalue weighted by atomic mass is 32.1. The van der Waals surface area contributed by atoms with E-state index in [0.29, 0.717) is 23.7 Å². The normalized spacial score (nSPS) is 16.4. The van der Waals surface area contributed by atoms with E-state index in [2.05, 4.69) is 30.9 Å². The average Bonchev–Trinajstić information content (AvgIpc) is 3.39. The highest BCUT2D eigenvalue weighted by molar-refractivity contribution is 7.22. The van der Waals surface area contributed by atoms with Crippen molar-refractivity contribution in [3.63, 3.8) is 0 Å². The Bertz CT molecular complexity index is 1410. The molecule has 1 aromatic carbocycles. The Balaban J connectivity index is 1.15. The summed E-state index contributed by atoms with van der Waals surface area (Å²) in [6.45, 7) is 6.14. The molecule has 1 aliphatic carbocycles. The molecule has 1 saturated carbocycles. The Labute approximate surface area is 219 Å². The molecule has 0 spiro atoms. The quantitative estimate of drug-likeness (QED) is 0.321. The molecule has 0 unspecified atom stereocenters. The Morgan fingerprint density at radius 1 is 1.11 bits per heavy atom. The van der Waals surface area contributed by atoms with E-state index in [-0.39, 0.29) is 18.0 Å². The molecule has 37 heavy (non-hydrogen) atoms. The second kappa shape index (κ2) is 10.7. The SMILES string of the molecule is O=C(Cc1ccc(Oc2ccnc3cc(-c4cn(CCN5CCNCC5)cn4)sc23)c(F)c1)CC1CC1. The average molecular weight is 520 g/mol. The van der Waals surface area contributed by atoms with E-state index in [9.17, 15) is 9.18 Å². The van der Waals surface area contributed by atoms with Crippen molar-refractivity contribution in [2.45, 2.75) is 32.2 Å². The van der Waals surface area contributed by atoms with Gasteiger partial charge < -0.3 is 14.6 Å². The highest BCUT2D eigenvalue weighted by Crippen LogP contribution is 2.39. The number of rotatable bonds is 10. The van der Waals surface area contributed by atoms with Crippen LogP contribution in [0.4, 0.5) is 4.39 Å². The van der Waals surface area contributed by atoms with Crippen LogP contribution in [0.2, 0.25) is 0 Å². The summed E-state index contributed by atoms with van der Waals surface area (Å²) >= 11 is 1.54. The van der Waals surface area contributed by atoms with Crippen molar-refractivity contribution in [3.05, 3.63) is 60.4 Å². The van der Waals surface area contributed by atoms with Gasteiger partial charge in [0, 0.05) is 70.6 Å². The Morgan fingerprint density at radius 2 is 1.97 bits per heavy atom. The van der Waals surface area contributed by atoms with E-state index in [4.69, 9.17) is 4.74 Å². The van der Waals surface area contributed by atoms with Crippen LogP contribution >= 0.6 is 11.3 Å². The number of nitrogens with one attached hydrogen (secondary N) is 1. The predicted octanol–water partition coefficient (Wildman–Crippen LogP) is 4.91. The molecule has 7 nitrogen and oxygen atoms in total. The molecule has 192 valence electrons. The van der Waals surface area contributed by atoms with Crippen LogP contribution in [0.5, 0.6) is 11.5 Å². The molecule has 0 radical (unpaired) electrons. The first-order valence-electron chi connectivity index (χ1n) is 12.9. The molecular formula is C28H30FN5O2S. The molecule has 9 heteroatoms. The number of aromatic nitrogens is 3. The molecule has 1 aliphatic heterocycles. The van der Waals surface area contributed by atoms with Crippen molar-refractivity contribution in [2.75, 3.05) is 32.7 Å². The minimum atomic E-state index is -0.471. The topological polar surface area (TPSA) is 72.3 Å². The number of thiophene rings is 1. The second-order valence-electron chi connectivity index (χ2n) is 9.95. The first kappa shape index (κ1) is 24.2. The summed E-state index contributed by atoms with van der Waals surface area (Å²) < 4.78 is 23.8. The molecule has 2 fully saturated rings. The van der Waals surface area contributed by atoms with E-state index in [1.165, 1.54) is 17.4 Å². The van der Waals surface area contributed by atoms with Gasteiger partial charge in [0.1, 0.15) is 11.5 Å². The van der Waals surface area contributed by atoms with Gasteiger partial charge in [-0.1, -0.05) is 6.07 Å². The Morgan fingerprint density at radius 3 is 2.78 bits per heavy atom. The Kier molecular flexibility index (Phi) is 6.99. The number of carbonyl (C=O) groups excluding carboxylic acids is 1. The standard InChI is InChI=1S/C28H30FN5O2S/c29-22-15-20(14-21(35)13-19-1-2-19)3-4-25(22)36-26-5-6-31-23-16-27(37-28(23)26)24-17-34(18-32-24)12-11-33-9-7-30-8-10-33/h3-6,15-19,30H,1-2,7-14H2. The van der Waals surface area contributed by atoms with E-state index < -0.39 is 5.82 Å². The van der Waals surface area contributed by atoms with Crippen LogP contribution in [-0.4, -0.2) is 57.9 Å². The fourth-order valence-electron chi connectivity index (χ4n) is 4.72. The number of pyridine rings is 1. The monoisotopic (exact) mass is 519 g/mol. The number of halogens is 1. The van der Waals surface area contributed by atoms with Crippen LogP contribution < -0.4 is 10.1 Å². The summed E-state index contributed by atoms with van der Waals surface area (Å²) in [5, 5.41) is 3.38. The number of fused-ring (bicyclic) bond motifs is 1. The number of Topliss-reactive ketones (excluding diaryl/α,β-unsaturated/α-hetero) is 1. The molecular weight excluding hydrogens is 489 g/mol. The van der Waals surface area contributed by atoms with Gasteiger partial charge in [-0.15, -0.1) is 11.3 Å². The summed E-state index contributed by atoms with van der Waals surface area (Å²) in [4.78, 5) is 24.7. The van der Waals surface area contributed by atoms with E-state index in [0.717, 1.165) is 72.9 Å². The third-order valence-corrected chi connectivity index (χ3v) is 8.14. The van der Waals surface area contributed by atoms with Crippen LogP contribution in [0.15, 0.2) is 49.1 Å². The van der Waals surface area contributed by atoms with Gasteiger partial charge in [-0.25, -0.2) is 9.37 Å². The van der Waals surface area contributed by atoms with Crippen molar-refractivity contribution >= 4 is 27.3 Å². The predicted molar refractivity (Wildman–Crippen MR) is 143 cm³/mol. The molecule has 4 heterocycles. The van der Waals surface area contributed by atoms with Gasteiger partial charge in [0.25, 0.3) is 0 Å².